The van der Waals surface area contributed by atoms with Crippen LogP contribution in [0.1, 0.15) is 24.8 Å². The van der Waals surface area contributed by atoms with Crippen LogP contribution in [0.4, 0.5) is 0 Å². The molecule has 0 N–H and O–H groups in total. The molecule has 0 aromatic heterocycles. The van der Waals surface area contributed by atoms with Crippen molar-refractivity contribution >= 4 is 15.9 Å². The lowest BCUT2D eigenvalue weighted by Gasteiger charge is -2.42. The first-order chi connectivity index (χ1) is 18.8. The summed E-state index contributed by atoms with van der Waals surface area (Å²) >= 11 is 0. The van der Waals surface area contributed by atoms with Gasteiger partial charge in [-0.3, -0.25) is 4.79 Å². The fourth-order valence-corrected chi connectivity index (χ4v) is 6.72. The van der Waals surface area contributed by atoms with Crippen LogP contribution >= 0.6 is 0 Å². The van der Waals surface area contributed by atoms with Crippen molar-refractivity contribution in [2.75, 3.05) is 41.0 Å². The molecule has 208 valence electrons. The predicted octanol–water partition coefficient (Wildman–Crippen LogP) is 4.60. The zero-order chi connectivity index (χ0) is 27.9. The van der Waals surface area contributed by atoms with E-state index in [4.69, 9.17) is 14.2 Å². The standard InChI is InChI=1S/C30H36N2O6S/c1-31(21-24-11-6-4-7-12-24)29(33)20-30(23-38-25-13-8-5-9-14-25)17-10-18-32(22-30)39(34,35)28-19-26(36-2)15-16-27(28)37-3/h4-9,11-16,19H,10,17-18,20-23H2,1-3H3/t30-/m1/s1. The number of hydrogen-bond donors (Lipinski definition) is 0. The Morgan fingerprint density at radius 2 is 1.64 bits per heavy atom. The SMILES string of the molecule is COc1ccc(OC)c(S(=O)(=O)N2CCC[C@@](COc3ccccc3)(CC(=O)N(C)Cc3ccccc3)C2)c1. The number of carbonyl (C=O) groups excluding carboxylic acids is 1. The summed E-state index contributed by atoms with van der Waals surface area (Å²) in [4.78, 5) is 15.2. The molecule has 0 spiro atoms. The molecule has 4 rings (SSSR count). The van der Waals surface area contributed by atoms with Crippen molar-refractivity contribution < 1.29 is 27.4 Å². The summed E-state index contributed by atoms with van der Waals surface area (Å²) in [6, 6.07) is 23.9. The molecular weight excluding hydrogens is 516 g/mol. The van der Waals surface area contributed by atoms with Gasteiger partial charge in [0.25, 0.3) is 0 Å². The van der Waals surface area contributed by atoms with Crippen LogP contribution in [0, 0.1) is 5.41 Å². The molecule has 1 aliphatic heterocycles. The van der Waals surface area contributed by atoms with Crippen LogP contribution < -0.4 is 14.2 Å². The van der Waals surface area contributed by atoms with Crippen LogP contribution in [0.3, 0.4) is 0 Å². The molecule has 0 aliphatic carbocycles. The molecule has 1 atom stereocenters. The maximum Gasteiger partial charge on any atom is 0.246 e. The van der Waals surface area contributed by atoms with Crippen molar-refractivity contribution in [3.8, 4) is 17.2 Å². The first-order valence-electron chi connectivity index (χ1n) is 12.9. The second-order valence-electron chi connectivity index (χ2n) is 9.97. The fraction of sp³-hybridized carbons (Fsp3) is 0.367. The monoisotopic (exact) mass is 552 g/mol. The Morgan fingerprint density at radius 1 is 0.949 bits per heavy atom. The molecule has 0 bridgehead atoms. The molecule has 1 fully saturated rings. The van der Waals surface area contributed by atoms with Crippen LogP contribution in [-0.2, 0) is 21.4 Å². The Bertz CT molecular complexity index is 1350. The van der Waals surface area contributed by atoms with Crippen molar-refractivity contribution in [2.45, 2.75) is 30.7 Å². The van der Waals surface area contributed by atoms with E-state index in [2.05, 4.69) is 0 Å². The lowest BCUT2D eigenvalue weighted by Crippen LogP contribution is -2.50. The summed E-state index contributed by atoms with van der Waals surface area (Å²) in [5, 5.41) is 0. The lowest BCUT2D eigenvalue weighted by atomic mass is 9.78. The van der Waals surface area contributed by atoms with Gasteiger partial charge < -0.3 is 19.1 Å². The van der Waals surface area contributed by atoms with E-state index in [0.717, 1.165) is 5.56 Å². The number of ether oxygens (including phenoxy) is 3. The van der Waals surface area contributed by atoms with Gasteiger partial charge in [-0.2, -0.15) is 4.31 Å². The van der Waals surface area contributed by atoms with Gasteiger partial charge in [0.05, 0.1) is 20.8 Å². The van der Waals surface area contributed by atoms with E-state index in [0.29, 0.717) is 37.4 Å². The fourth-order valence-electron chi connectivity index (χ4n) is 4.96. The number of nitrogens with zero attached hydrogens (tertiary/aromatic N) is 2. The van der Waals surface area contributed by atoms with Gasteiger partial charge >= 0.3 is 0 Å². The highest BCUT2D eigenvalue weighted by molar-refractivity contribution is 7.89. The van der Waals surface area contributed by atoms with Crippen molar-refractivity contribution in [3.05, 3.63) is 84.4 Å². The number of piperidine rings is 1. The average molecular weight is 553 g/mol. The summed E-state index contributed by atoms with van der Waals surface area (Å²) in [7, 11) is 0.759. The quantitative estimate of drug-likeness (QED) is 0.346. The Labute approximate surface area is 231 Å². The number of amides is 1. The maximum atomic E-state index is 13.9. The summed E-state index contributed by atoms with van der Waals surface area (Å²) in [6.07, 6.45) is 1.41. The molecule has 0 radical (unpaired) electrons. The van der Waals surface area contributed by atoms with Crippen LogP contribution in [-0.4, -0.2) is 64.5 Å². The highest BCUT2D eigenvalue weighted by Gasteiger charge is 2.43. The Morgan fingerprint density at radius 3 is 2.31 bits per heavy atom. The van der Waals surface area contributed by atoms with Crippen LogP contribution in [0.5, 0.6) is 17.2 Å². The summed E-state index contributed by atoms with van der Waals surface area (Å²) < 4.78 is 46.1. The van der Waals surface area contributed by atoms with Gasteiger partial charge in [0, 0.05) is 44.6 Å². The smallest absolute Gasteiger partial charge is 0.246 e. The highest BCUT2D eigenvalue weighted by Crippen LogP contribution is 2.39. The molecule has 3 aromatic rings. The van der Waals surface area contributed by atoms with E-state index in [1.165, 1.54) is 24.6 Å². The van der Waals surface area contributed by atoms with E-state index in [-0.39, 0.29) is 36.1 Å². The minimum Gasteiger partial charge on any atom is -0.497 e. The Hall–Kier alpha value is -3.56. The van der Waals surface area contributed by atoms with Crippen LogP contribution in [0.15, 0.2) is 83.8 Å². The van der Waals surface area contributed by atoms with Gasteiger partial charge in [-0.15, -0.1) is 0 Å². The van der Waals surface area contributed by atoms with E-state index in [1.807, 2.05) is 60.7 Å². The number of para-hydroxylation sites is 1. The Balaban J connectivity index is 1.61. The third kappa shape index (κ3) is 6.91. The summed E-state index contributed by atoms with van der Waals surface area (Å²) in [6.45, 7) is 1.17. The van der Waals surface area contributed by atoms with Crippen LogP contribution in [0.25, 0.3) is 0 Å². The normalized spacial score (nSPS) is 17.8. The summed E-state index contributed by atoms with van der Waals surface area (Å²) in [5.41, 5.74) is 0.316. The van der Waals surface area contributed by atoms with E-state index >= 15 is 0 Å². The van der Waals surface area contributed by atoms with Gasteiger partial charge in [0.15, 0.2) is 0 Å². The van der Waals surface area contributed by atoms with Crippen molar-refractivity contribution in [3.63, 3.8) is 0 Å². The molecule has 9 heteroatoms. The van der Waals surface area contributed by atoms with E-state index in [9.17, 15) is 13.2 Å². The average Bonchev–Trinajstić information content (AvgIpc) is 2.97. The minimum atomic E-state index is -3.95. The van der Waals surface area contributed by atoms with Gasteiger partial charge in [-0.05, 0) is 42.7 Å². The van der Waals surface area contributed by atoms with Crippen molar-refractivity contribution in [1.82, 2.24) is 9.21 Å². The second-order valence-corrected chi connectivity index (χ2v) is 11.9. The third-order valence-corrected chi connectivity index (χ3v) is 8.98. The first-order valence-corrected chi connectivity index (χ1v) is 14.4. The number of methoxy groups -OCH3 is 2. The minimum absolute atomic E-state index is 0.0386. The molecule has 1 saturated heterocycles. The largest absolute Gasteiger partial charge is 0.497 e. The Kier molecular flexibility index (Phi) is 9.14. The molecule has 0 saturated carbocycles. The molecule has 8 nitrogen and oxygen atoms in total. The predicted molar refractivity (Wildman–Crippen MR) is 149 cm³/mol. The van der Waals surface area contributed by atoms with Gasteiger partial charge in [0.1, 0.15) is 22.1 Å². The molecule has 39 heavy (non-hydrogen) atoms. The van der Waals surface area contributed by atoms with Crippen LogP contribution in [0.2, 0.25) is 0 Å². The highest BCUT2D eigenvalue weighted by atomic mass is 32.2. The zero-order valence-electron chi connectivity index (χ0n) is 22.7. The topological polar surface area (TPSA) is 85.4 Å². The number of hydrogen-bond acceptors (Lipinski definition) is 6. The third-order valence-electron chi connectivity index (χ3n) is 7.12. The summed E-state index contributed by atoms with van der Waals surface area (Å²) in [5.74, 6) is 1.28. The molecular formula is C30H36N2O6S. The lowest BCUT2D eigenvalue weighted by molar-refractivity contribution is -0.134. The number of rotatable bonds is 11. The number of carbonyl (C=O) groups is 1. The number of benzene rings is 3. The van der Waals surface area contributed by atoms with E-state index < -0.39 is 15.4 Å². The molecule has 1 heterocycles. The van der Waals surface area contributed by atoms with Gasteiger partial charge in [0.2, 0.25) is 15.9 Å². The van der Waals surface area contributed by atoms with Crippen molar-refractivity contribution in [2.24, 2.45) is 5.41 Å². The van der Waals surface area contributed by atoms with E-state index in [1.54, 1.807) is 24.1 Å². The molecule has 3 aromatic carbocycles. The van der Waals surface area contributed by atoms with Gasteiger partial charge in [-0.25, -0.2) is 8.42 Å². The molecule has 0 unspecified atom stereocenters. The maximum absolute atomic E-state index is 13.9. The first kappa shape index (κ1) is 28.4. The van der Waals surface area contributed by atoms with Gasteiger partial charge in [-0.1, -0.05) is 48.5 Å². The second kappa shape index (κ2) is 12.5. The molecule has 1 amide bonds. The molecule has 1 aliphatic rings. The number of sulfonamides is 1. The van der Waals surface area contributed by atoms with Crippen molar-refractivity contribution in [1.29, 1.82) is 0 Å². The zero-order valence-corrected chi connectivity index (χ0v) is 23.5.